The van der Waals surface area contributed by atoms with Crippen molar-refractivity contribution in [3.63, 3.8) is 0 Å². The molecule has 4 nitrogen and oxygen atoms in total. The molecule has 144 valence electrons. The van der Waals surface area contributed by atoms with E-state index < -0.39 is 10.1 Å². The van der Waals surface area contributed by atoms with Crippen LogP contribution in [-0.4, -0.2) is 21.5 Å². The first-order valence-electron chi connectivity index (χ1n) is 9.12. The van der Waals surface area contributed by atoms with Gasteiger partial charge in [0.1, 0.15) is 11.2 Å². The zero-order chi connectivity index (χ0) is 19.7. The number of hydrogen-bond acceptors (Lipinski definition) is 4. The van der Waals surface area contributed by atoms with E-state index in [-0.39, 0.29) is 4.90 Å². The van der Waals surface area contributed by atoms with Crippen molar-refractivity contribution >= 4 is 21.9 Å². The lowest BCUT2D eigenvalue weighted by atomic mass is 10.1. The number of nitrogens with zero attached hydrogens (tertiary/aromatic N) is 1. The van der Waals surface area contributed by atoms with Crippen LogP contribution in [0.2, 0.25) is 0 Å². The summed E-state index contributed by atoms with van der Waals surface area (Å²) in [6, 6.07) is 14.9. The monoisotopic (exact) mass is 385 g/mol. The Balaban J connectivity index is 1.85. The van der Waals surface area contributed by atoms with E-state index in [2.05, 4.69) is 43.0 Å². The third-order valence-corrected chi connectivity index (χ3v) is 5.41. The van der Waals surface area contributed by atoms with Crippen LogP contribution < -0.4 is 4.90 Å². The predicted octanol–water partition coefficient (Wildman–Crippen LogP) is 5.16. The molecule has 0 saturated carbocycles. The van der Waals surface area contributed by atoms with E-state index in [1.807, 2.05) is 19.1 Å². The molecular weight excluding hydrogens is 358 g/mol. The summed E-state index contributed by atoms with van der Waals surface area (Å²) in [5, 5.41) is 0. The number of hydrogen-bond donors (Lipinski definition) is 0. The molecule has 0 amide bonds. The summed E-state index contributed by atoms with van der Waals surface area (Å²) in [5.41, 5.74) is 3.32. The molecule has 5 heteroatoms. The topological polar surface area (TPSA) is 46.6 Å². The normalized spacial score (nSPS) is 12.0. The van der Waals surface area contributed by atoms with Crippen LogP contribution in [0.1, 0.15) is 31.4 Å². The number of rotatable bonds is 9. The Hall–Kier alpha value is -2.53. The van der Waals surface area contributed by atoms with E-state index in [1.165, 1.54) is 11.9 Å². The van der Waals surface area contributed by atoms with Crippen molar-refractivity contribution in [2.75, 3.05) is 18.0 Å². The van der Waals surface area contributed by atoms with Crippen molar-refractivity contribution in [1.29, 1.82) is 0 Å². The third kappa shape index (κ3) is 6.29. The van der Waals surface area contributed by atoms with E-state index in [9.17, 15) is 8.42 Å². The largest absolute Gasteiger partial charge is 0.387 e. The molecule has 0 spiro atoms. The van der Waals surface area contributed by atoms with E-state index in [0.29, 0.717) is 6.42 Å². The molecule has 0 aromatic heterocycles. The number of anilines is 1. The molecule has 0 heterocycles. The van der Waals surface area contributed by atoms with E-state index in [0.717, 1.165) is 24.2 Å². The van der Waals surface area contributed by atoms with Gasteiger partial charge in [-0.1, -0.05) is 42.0 Å². The second kappa shape index (κ2) is 9.97. The summed E-state index contributed by atoms with van der Waals surface area (Å²) in [4.78, 5) is 2.45. The average Bonchev–Trinajstić information content (AvgIpc) is 2.67. The first-order chi connectivity index (χ1) is 13.0. The van der Waals surface area contributed by atoms with Crippen LogP contribution in [0.25, 0.3) is 6.08 Å². The van der Waals surface area contributed by atoms with Gasteiger partial charge in [0, 0.05) is 18.8 Å². The van der Waals surface area contributed by atoms with Gasteiger partial charge in [-0.05, 0) is 63.1 Å². The predicted molar refractivity (Wildman–Crippen MR) is 112 cm³/mol. The molecule has 0 bridgehead atoms. The van der Waals surface area contributed by atoms with Gasteiger partial charge in [-0.25, -0.2) is 0 Å². The van der Waals surface area contributed by atoms with Gasteiger partial charge in [0.25, 0.3) is 0 Å². The van der Waals surface area contributed by atoms with Crippen molar-refractivity contribution in [3.05, 3.63) is 78.1 Å². The first kappa shape index (κ1) is 20.8. The fraction of sp³-hybridized carbons (Fsp3) is 0.273. The van der Waals surface area contributed by atoms with Gasteiger partial charge in [-0.3, -0.25) is 0 Å². The van der Waals surface area contributed by atoms with E-state index in [4.69, 9.17) is 4.18 Å². The van der Waals surface area contributed by atoms with Crippen molar-refractivity contribution in [2.24, 2.45) is 0 Å². The van der Waals surface area contributed by atoms with Crippen LogP contribution in [0.4, 0.5) is 5.69 Å². The Morgan fingerprint density at radius 1 is 0.926 bits per heavy atom. The highest BCUT2D eigenvalue weighted by Gasteiger charge is 2.13. The molecule has 2 rings (SSSR count). The van der Waals surface area contributed by atoms with Crippen LogP contribution in [-0.2, 0) is 14.3 Å². The molecule has 0 atom stereocenters. The zero-order valence-corrected chi connectivity index (χ0v) is 16.9. The van der Waals surface area contributed by atoms with Gasteiger partial charge in [0.05, 0.1) is 0 Å². The molecule has 0 aliphatic carbocycles. The molecule has 0 fully saturated rings. The number of allylic oxidation sites excluding steroid dienone is 2. The minimum atomic E-state index is -3.75. The van der Waals surface area contributed by atoms with Crippen molar-refractivity contribution in [2.45, 2.75) is 32.1 Å². The highest BCUT2D eigenvalue weighted by atomic mass is 32.2. The van der Waals surface area contributed by atoms with Crippen LogP contribution in [0.5, 0.6) is 0 Å². The molecule has 0 radical (unpaired) electrons. The van der Waals surface area contributed by atoms with Crippen LogP contribution in [0.15, 0.2) is 71.8 Å². The summed E-state index contributed by atoms with van der Waals surface area (Å²) >= 11 is 0. The lowest BCUT2D eigenvalue weighted by Crippen LogP contribution is -2.21. The van der Waals surface area contributed by atoms with E-state index in [1.54, 1.807) is 30.3 Å². The van der Waals surface area contributed by atoms with Crippen LogP contribution >= 0.6 is 0 Å². The maximum Gasteiger partial charge on any atom is 0.338 e. The van der Waals surface area contributed by atoms with Gasteiger partial charge >= 0.3 is 10.1 Å². The second-order valence-corrected chi connectivity index (χ2v) is 7.71. The molecule has 2 aromatic carbocycles. The molecule has 0 aliphatic heterocycles. The van der Waals surface area contributed by atoms with Crippen LogP contribution in [0.3, 0.4) is 0 Å². The minimum Gasteiger partial charge on any atom is -0.387 e. The van der Waals surface area contributed by atoms with Crippen molar-refractivity contribution in [1.82, 2.24) is 0 Å². The molecular formula is C22H27NO3S. The van der Waals surface area contributed by atoms with Gasteiger partial charge in [0.2, 0.25) is 0 Å². The fourth-order valence-corrected chi connectivity index (χ4v) is 3.40. The van der Waals surface area contributed by atoms with Crippen molar-refractivity contribution in [3.8, 4) is 0 Å². The highest BCUT2D eigenvalue weighted by molar-refractivity contribution is 7.86. The van der Waals surface area contributed by atoms with Crippen molar-refractivity contribution < 1.29 is 12.6 Å². The molecule has 27 heavy (non-hydrogen) atoms. The Bertz CT molecular complexity index is 863. The molecule has 2 aromatic rings. The molecule has 0 saturated heterocycles. The fourth-order valence-electron chi connectivity index (χ4n) is 2.60. The summed E-state index contributed by atoms with van der Waals surface area (Å²) in [5.74, 6) is 0. The van der Waals surface area contributed by atoms with Crippen LogP contribution in [0, 0.1) is 6.92 Å². The Labute approximate surface area is 162 Å². The Morgan fingerprint density at radius 3 is 2.15 bits per heavy atom. The second-order valence-electron chi connectivity index (χ2n) is 6.14. The van der Waals surface area contributed by atoms with Gasteiger partial charge < -0.3 is 9.08 Å². The Kier molecular flexibility index (Phi) is 7.67. The van der Waals surface area contributed by atoms with E-state index >= 15 is 0 Å². The Morgan fingerprint density at radius 2 is 1.56 bits per heavy atom. The number of aryl methyl sites for hydroxylation is 1. The van der Waals surface area contributed by atoms with Gasteiger partial charge in [0.15, 0.2) is 0 Å². The molecule has 0 unspecified atom stereocenters. The minimum absolute atomic E-state index is 0.154. The zero-order valence-electron chi connectivity index (χ0n) is 16.1. The van der Waals surface area contributed by atoms with Gasteiger partial charge in [-0.15, -0.1) is 0 Å². The quantitative estimate of drug-likeness (QED) is 0.442. The smallest absolute Gasteiger partial charge is 0.338 e. The lowest BCUT2D eigenvalue weighted by Gasteiger charge is -2.20. The van der Waals surface area contributed by atoms with Gasteiger partial charge in [-0.2, -0.15) is 8.42 Å². The lowest BCUT2D eigenvalue weighted by molar-refractivity contribution is 0.442. The molecule has 0 N–H and O–H groups in total. The summed E-state index contributed by atoms with van der Waals surface area (Å²) in [7, 11) is -3.75. The highest BCUT2D eigenvalue weighted by Crippen LogP contribution is 2.16. The summed E-state index contributed by atoms with van der Waals surface area (Å²) in [6.45, 7) is 8.17. The standard InChI is InChI=1S/C22H27NO3S/c1-4-23(5-2)21-14-12-20(13-15-21)9-7-6-8-18-26-27(24,25)22-16-10-19(3)11-17-22/h7-18H,4-6H2,1-3H3. The third-order valence-electron chi connectivity index (χ3n) is 4.19. The number of benzene rings is 2. The average molecular weight is 386 g/mol. The summed E-state index contributed by atoms with van der Waals surface area (Å²) in [6.07, 6.45) is 7.45. The SMILES string of the molecule is CCN(CC)c1ccc(C=CCC=COS(=O)(=O)c2ccc(C)cc2)cc1. The summed E-state index contributed by atoms with van der Waals surface area (Å²) < 4.78 is 29.0. The molecule has 0 aliphatic rings. The maximum atomic E-state index is 12.0. The maximum absolute atomic E-state index is 12.0. The first-order valence-corrected chi connectivity index (χ1v) is 10.5.